The van der Waals surface area contributed by atoms with Gasteiger partial charge in [-0.2, -0.15) is 0 Å². The van der Waals surface area contributed by atoms with Crippen LogP contribution in [-0.2, 0) is 13.0 Å². The summed E-state index contributed by atoms with van der Waals surface area (Å²) in [7, 11) is 0. The number of benzene rings is 1. The largest absolute Gasteiger partial charge is 0.458 e. The van der Waals surface area contributed by atoms with E-state index < -0.39 is 0 Å². The Morgan fingerprint density at radius 2 is 2.06 bits per heavy atom. The summed E-state index contributed by atoms with van der Waals surface area (Å²) in [6, 6.07) is 4.34. The van der Waals surface area contributed by atoms with Crippen molar-refractivity contribution in [2.24, 2.45) is 0 Å². The summed E-state index contributed by atoms with van der Waals surface area (Å²) in [6.45, 7) is 8.22. The molecule has 0 spiro atoms. The molecule has 0 fully saturated rings. The van der Waals surface area contributed by atoms with Crippen molar-refractivity contribution in [1.82, 2.24) is 5.32 Å². The van der Waals surface area contributed by atoms with Crippen LogP contribution >= 0.6 is 15.9 Å². The van der Waals surface area contributed by atoms with Crippen LogP contribution in [0.25, 0.3) is 11.0 Å². The molecule has 0 amide bonds. The fraction of sp³-hybridized carbons (Fsp3) is 0.467. The molecular weight excluding hydrogens is 290 g/mol. The van der Waals surface area contributed by atoms with Gasteiger partial charge in [-0.25, -0.2) is 0 Å². The van der Waals surface area contributed by atoms with E-state index in [2.05, 4.69) is 54.2 Å². The smallest absolute Gasteiger partial charge is 0.148 e. The monoisotopic (exact) mass is 309 g/mol. The normalized spacial score (nSPS) is 11.3. The number of rotatable bonds is 5. The van der Waals surface area contributed by atoms with E-state index in [1.54, 1.807) is 0 Å². The second-order valence-corrected chi connectivity index (χ2v) is 5.51. The summed E-state index contributed by atoms with van der Waals surface area (Å²) >= 11 is 3.60. The molecule has 3 heteroatoms. The minimum absolute atomic E-state index is 0.812. The number of fused-ring (bicyclic) bond motifs is 1. The number of furan rings is 1. The molecule has 2 rings (SSSR count). The Morgan fingerprint density at radius 1 is 1.28 bits per heavy atom. The standard InChI is InChI=1S/C15H20BrNO/c1-4-6-11-12-7-10(3)8-13(16)15(12)18-14(11)9-17-5-2/h7-8,17H,4-6,9H2,1-3H3. The maximum atomic E-state index is 6.03. The number of nitrogens with one attached hydrogen (secondary N) is 1. The van der Waals surface area contributed by atoms with Crippen LogP contribution in [0.2, 0.25) is 0 Å². The van der Waals surface area contributed by atoms with Gasteiger partial charge < -0.3 is 9.73 Å². The van der Waals surface area contributed by atoms with Crippen molar-refractivity contribution in [3.63, 3.8) is 0 Å². The van der Waals surface area contributed by atoms with Crippen molar-refractivity contribution in [3.8, 4) is 0 Å². The number of hydrogen-bond donors (Lipinski definition) is 1. The highest BCUT2D eigenvalue weighted by atomic mass is 79.9. The molecule has 1 aromatic heterocycles. The first-order chi connectivity index (χ1) is 8.67. The predicted octanol–water partition coefficient (Wildman–Crippen LogP) is 4.57. The third-order valence-corrected chi connectivity index (χ3v) is 3.70. The highest BCUT2D eigenvalue weighted by molar-refractivity contribution is 9.10. The second kappa shape index (κ2) is 5.89. The maximum absolute atomic E-state index is 6.03. The molecule has 0 saturated carbocycles. The molecule has 0 aliphatic rings. The Kier molecular flexibility index (Phi) is 4.46. The Labute approximate surface area is 117 Å². The van der Waals surface area contributed by atoms with Gasteiger partial charge in [-0.05, 0) is 53.5 Å². The van der Waals surface area contributed by atoms with Gasteiger partial charge in [0.05, 0.1) is 11.0 Å². The zero-order valence-corrected chi connectivity index (χ0v) is 12.9. The summed E-state index contributed by atoms with van der Waals surface area (Å²) in [6.07, 6.45) is 2.21. The number of hydrogen-bond acceptors (Lipinski definition) is 2. The van der Waals surface area contributed by atoms with Gasteiger partial charge in [-0.15, -0.1) is 0 Å². The van der Waals surface area contributed by atoms with Crippen LogP contribution in [0.3, 0.4) is 0 Å². The van der Waals surface area contributed by atoms with Crippen LogP contribution in [0.5, 0.6) is 0 Å². The van der Waals surface area contributed by atoms with E-state index in [4.69, 9.17) is 4.42 Å². The van der Waals surface area contributed by atoms with Crippen molar-refractivity contribution in [2.75, 3.05) is 6.54 Å². The molecule has 18 heavy (non-hydrogen) atoms. The van der Waals surface area contributed by atoms with Crippen molar-refractivity contribution in [3.05, 3.63) is 33.5 Å². The zero-order chi connectivity index (χ0) is 13.1. The summed E-state index contributed by atoms with van der Waals surface area (Å²) in [5.74, 6) is 1.08. The van der Waals surface area contributed by atoms with Crippen LogP contribution in [0, 0.1) is 6.92 Å². The third-order valence-electron chi connectivity index (χ3n) is 3.11. The molecule has 0 saturated heterocycles. The van der Waals surface area contributed by atoms with E-state index in [0.717, 1.165) is 41.7 Å². The first-order valence-corrected chi connectivity index (χ1v) is 7.37. The molecule has 98 valence electrons. The molecule has 2 aromatic rings. The van der Waals surface area contributed by atoms with Crippen LogP contribution in [-0.4, -0.2) is 6.54 Å². The van der Waals surface area contributed by atoms with Gasteiger partial charge in [0.15, 0.2) is 0 Å². The van der Waals surface area contributed by atoms with Gasteiger partial charge in [0.25, 0.3) is 0 Å². The predicted molar refractivity (Wildman–Crippen MR) is 80.0 cm³/mol. The summed E-state index contributed by atoms with van der Waals surface area (Å²) in [5, 5.41) is 4.61. The van der Waals surface area contributed by atoms with Gasteiger partial charge in [0, 0.05) is 10.9 Å². The van der Waals surface area contributed by atoms with E-state index in [0.29, 0.717) is 0 Å². The fourth-order valence-electron chi connectivity index (χ4n) is 2.30. The molecule has 0 unspecified atom stereocenters. The first kappa shape index (κ1) is 13.6. The van der Waals surface area contributed by atoms with Gasteiger partial charge in [0.1, 0.15) is 11.3 Å². The Balaban J connectivity index is 2.55. The minimum Gasteiger partial charge on any atom is -0.458 e. The quantitative estimate of drug-likeness (QED) is 0.875. The molecule has 0 radical (unpaired) electrons. The maximum Gasteiger partial charge on any atom is 0.148 e. The van der Waals surface area contributed by atoms with Crippen LogP contribution in [0.4, 0.5) is 0 Å². The zero-order valence-electron chi connectivity index (χ0n) is 11.3. The summed E-state index contributed by atoms with van der Waals surface area (Å²) in [4.78, 5) is 0. The van der Waals surface area contributed by atoms with Crippen molar-refractivity contribution in [1.29, 1.82) is 0 Å². The minimum atomic E-state index is 0.812. The average Bonchev–Trinajstić information content (AvgIpc) is 2.66. The van der Waals surface area contributed by atoms with Gasteiger partial charge in [-0.1, -0.05) is 20.3 Å². The summed E-state index contributed by atoms with van der Waals surface area (Å²) in [5.41, 5.74) is 3.61. The molecule has 2 nitrogen and oxygen atoms in total. The summed E-state index contributed by atoms with van der Waals surface area (Å²) < 4.78 is 7.08. The lowest BCUT2D eigenvalue weighted by atomic mass is 10.0. The lowest BCUT2D eigenvalue weighted by molar-refractivity contribution is 0.512. The van der Waals surface area contributed by atoms with E-state index in [1.165, 1.54) is 16.5 Å². The van der Waals surface area contributed by atoms with Gasteiger partial charge >= 0.3 is 0 Å². The van der Waals surface area contributed by atoms with E-state index >= 15 is 0 Å². The molecule has 0 atom stereocenters. The van der Waals surface area contributed by atoms with E-state index in [-0.39, 0.29) is 0 Å². The van der Waals surface area contributed by atoms with Gasteiger partial charge in [0.2, 0.25) is 0 Å². The average molecular weight is 310 g/mol. The third kappa shape index (κ3) is 2.62. The van der Waals surface area contributed by atoms with Crippen molar-refractivity contribution >= 4 is 26.9 Å². The van der Waals surface area contributed by atoms with Crippen LogP contribution in [0.15, 0.2) is 21.0 Å². The van der Waals surface area contributed by atoms with Crippen LogP contribution < -0.4 is 5.32 Å². The Hall–Kier alpha value is -0.800. The lowest BCUT2D eigenvalue weighted by Crippen LogP contribution is -2.12. The topological polar surface area (TPSA) is 25.2 Å². The fourth-order valence-corrected chi connectivity index (χ4v) is 2.95. The second-order valence-electron chi connectivity index (χ2n) is 4.66. The number of aryl methyl sites for hydroxylation is 2. The molecular formula is C15H20BrNO. The van der Waals surface area contributed by atoms with Gasteiger partial charge in [-0.3, -0.25) is 0 Å². The van der Waals surface area contributed by atoms with Crippen LogP contribution in [0.1, 0.15) is 37.2 Å². The highest BCUT2D eigenvalue weighted by Crippen LogP contribution is 2.33. The molecule has 0 aliphatic heterocycles. The Morgan fingerprint density at radius 3 is 2.72 bits per heavy atom. The molecule has 1 aromatic carbocycles. The lowest BCUT2D eigenvalue weighted by Gasteiger charge is -2.02. The van der Waals surface area contributed by atoms with E-state index in [1.807, 2.05) is 0 Å². The molecule has 0 aliphatic carbocycles. The van der Waals surface area contributed by atoms with E-state index in [9.17, 15) is 0 Å². The van der Waals surface area contributed by atoms with Crippen molar-refractivity contribution in [2.45, 2.75) is 40.2 Å². The Bertz CT molecular complexity index is 545. The first-order valence-electron chi connectivity index (χ1n) is 6.58. The number of halogens is 1. The van der Waals surface area contributed by atoms with Crippen molar-refractivity contribution < 1.29 is 4.42 Å². The highest BCUT2D eigenvalue weighted by Gasteiger charge is 2.15. The SMILES string of the molecule is CCCc1c(CNCC)oc2c(Br)cc(C)cc12. The molecule has 1 heterocycles. The molecule has 1 N–H and O–H groups in total. The molecule has 0 bridgehead atoms.